The number of benzene rings is 1. The van der Waals surface area contributed by atoms with Gasteiger partial charge >= 0.3 is 5.97 Å². The summed E-state index contributed by atoms with van der Waals surface area (Å²) in [6.45, 7) is 3.40. The Balaban J connectivity index is 2.21. The highest BCUT2D eigenvalue weighted by molar-refractivity contribution is 6.32. The molecule has 7 heteroatoms. The molecule has 0 aliphatic heterocycles. The Bertz CT molecular complexity index is 697. The van der Waals surface area contributed by atoms with Crippen LogP contribution in [0.15, 0.2) is 42.2 Å². The fourth-order valence-electron chi connectivity index (χ4n) is 2.03. The number of carboxylic acid groups (broad SMARTS) is 1. The van der Waals surface area contributed by atoms with E-state index in [-0.39, 0.29) is 22.4 Å². The third-order valence-corrected chi connectivity index (χ3v) is 4.06. The minimum atomic E-state index is -0.994. The molecule has 2 rings (SSSR count). The molecule has 0 aromatic heterocycles. The second-order valence-electron chi connectivity index (χ2n) is 5.25. The van der Waals surface area contributed by atoms with Gasteiger partial charge < -0.3 is 9.84 Å². The van der Waals surface area contributed by atoms with Gasteiger partial charge in [-0.15, -0.1) is 0 Å². The standard InChI is InChI=1S/C15H14ClNO5/c1-9-7-11(5-6-15(9,2)14(18)19)22-13-4-3-10(17(20)21)8-12(13)16/h3-9H,1-2H3,(H,18,19). The number of nitrogens with zero attached hydrogens (tertiary/aromatic N) is 1. The Kier molecular flexibility index (Phi) is 4.23. The van der Waals surface area contributed by atoms with Gasteiger partial charge in [-0.25, -0.2) is 0 Å². The summed E-state index contributed by atoms with van der Waals surface area (Å²) in [6.07, 6.45) is 4.81. The van der Waals surface area contributed by atoms with E-state index >= 15 is 0 Å². The Hall–Kier alpha value is -2.34. The molecule has 116 valence electrons. The van der Waals surface area contributed by atoms with Crippen molar-refractivity contribution < 1.29 is 19.6 Å². The molecule has 0 saturated carbocycles. The van der Waals surface area contributed by atoms with E-state index in [4.69, 9.17) is 16.3 Å². The molecule has 0 spiro atoms. The molecule has 0 fully saturated rings. The zero-order valence-corrected chi connectivity index (χ0v) is 12.7. The van der Waals surface area contributed by atoms with E-state index < -0.39 is 16.3 Å². The summed E-state index contributed by atoms with van der Waals surface area (Å²) < 4.78 is 5.59. The van der Waals surface area contributed by atoms with Crippen LogP contribution < -0.4 is 4.74 Å². The summed E-state index contributed by atoms with van der Waals surface area (Å²) in [7, 11) is 0. The molecule has 1 N–H and O–H groups in total. The minimum absolute atomic E-state index is 0.114. The first-order chi connectivity index (χ1) is 10.2. The second-order valence-corrected chi connectivity index (χ2v) is 5.66. The lowest BCUT2D eigenvalue weighted by molar-refractivity contribution is -0.384. The van der Waals surface area contributed by atoms with Gasteiger partial charge in [0.2, 0.25) is 0 Å². The average Bonchev–Trinajstić information content (AvgIpc) is 2.44. The molecule has 0 radical (unpaired) electrons. The van der Waals surface area contributed by atoms with Crippen molar-refractivity contribution >= 4 is 23.3 Å². The molecule has 0 amide bonds. The van der Waals surface area contributed by atoms with Crippen LogP contribution in [-0.2, 0) is 4.79 Å². The van der Waals surface area contributed by atoms with Crippen LogP contribution in [0.25, 0.3) is 0 Å². The molecule has 1 aromatic carbocycles. The number of carbonyl (C=O) groups is 1. The van der Waals surface area contributed by atoms with Gasteiger partial charge in [-0.2, -0.15) is 0 Å². The number of nitro groups is 1. The van der Waals surface area contributed by atoms with E-state index in [2.05, 4.69) is 0 Å². The van der Waals surface area contributed by atoms with Crippen LogP contribution in [0.4, 0.5) is 5.69 Å². The number of carboxylic acids is 1. The Labute approximate surface area is 131 Å². The Morgan fingerprint density at radius 3 is 2.68 bits per heavy atom. The quantitative estimate of drug-likeness (QED) is 0.672. The summed E-state index contributed by atoms with van der Waals surface area (Å²) >= 11 is 5.96. The lowest BCUT2D eigenvalue weighted by Crippen LogP contribution is -2.33. The van der Waals surface area contributed by atoms with Crippen molar-refractivity contribution in [1.29, 1.82) is 0 Å². The summed E-state index contributed by atoms with van der Waals surface area (Å²) in [5, 5.41) is 20.0. The van der Waals surface area contributed by atoms with Crippen molar-refractivity contribution in [1.82, 2.24) is 0 Å². The normalized spacial score (nSPS) is 23.8. The smallest absolute Gasteiger partial charge is 0.313 e. The minimum Gasteiger partial charge on any atom is -0.481 e. The van der Waals surface area contributed by atoms with E-state index in [1.807, 2.05) is 0 Å². The number of non-ortho nitro benzene ring substituents is 1. The molecule has 0 saturated heterocycles. The number of aliphatic carboxylic acids is 1. The first-order valence-corrected chi connectivity index (χ1v) is 6.88. The highest BCUT2D eigenvalue weighted by Gasteiger charge is 2.37. The van der Waals surface area contributed by atoms with Crippen molar-refractivity contribution in [2.75, 3.05) is 0 Å². The van der Waals surface area contributed by atoms with Crippen LogP contribution in [0.1, 0.15) is 13.8 Å². The van der Waals surface area contributed by atoms with Crippen molar-refractivity contribution in [3.05, 3.63) is 57.3 Å². The number of allylic oxidation sites excluding steroid dienone is 2. The predicted octanol–water partition coefficient (Wildman–Crippen LogP) is 3.81. The molecule has 22 heavy (non-hydrogen) atoms. The van der Waals surface area contributed by atoms with E-state index in [9.17, 15) is 20.0 Å². The average molecular weight is 324 g/mol. The van der Waals surface area contributed by atoms with E-state index in [0.717, 1.165) is 0 Å². The van der Waals surface area contributed by atoms with Crippen LogP contribution in [0.5, 0.6) is 5.75 Å². The number of hydrogen-bond donors (Lipinski definition) is 1. The van der Waals surface area contributed by atoms with Crippen LogP contribution in [0, 0.1) is 21.4 Å². The van der Waals surface area contributed by atoms with Crippen molar-refractivity contribution in [2.45, 2.75) is 13.8 Å². The zero-order valence-electron chi connectivity index (χ0n) is 11.9. The molecular weight excluding hydrogens is 310 g/mol. The van der Waals surface area contributed by atoms with Crippen LogP contribution in [0.3, 0.4) is 0 Å². The molecule has 1 aliphatic rings. The largest absolute Gasteiger partial charge is 0.481 e. The van der Waals surface area contributed by atoms with Gasteiger partial charge in [0.25, 0.3) is 5.69 Å². The lowest BCUT2D eigenvalue weighted by atomic mass is 9.75. The van der Waals surface area contributed by atoms with Crippen molar-refractivity contribution in [3.63, 3.8) is 0 Å². The summed E-state index contributed by atoms with van der Waals surface area (Å²) in [6, 6.07) is 3.90. The topological polar surface area (TPSA) is 89.7 Å². The predicted molar refractivity (Wildman–Crippen MR) is 80.9 cm³/mol. The summed E-state index contributed by atoms with van der Waals surface area (Å²) in [5.41, 5.74) is -1.12. The lowest BCUT2D eigenvalue weighted by Gasteiger charge is -2.29. The molecule has 1 aliphatic carbocycles. The molecule has 6 nitrogen and oxygen atoms in total. The van der Waals surface area contributed by atoms with E-state index in [0.29, 0.717) is 5.76 Å². The van der Waals surface area contributed by atoms with E-state index in [1.54, 1.807) is 32.1 Å². The third kappa shape index (κ3) is 2.96. The third-order valence-electron chi connectivity index (χ3n) is 3.77. The fraction of sp³-hybridized carbons (Fsp3) is 0.267. The van der Waals surface area contributed by atoms with Gasteiger partial charge in [0.05, 0.1) is 15.4 Å². The van der Waals surface area contributed by atoms with Gasteiger partial charge in [0.15, 0.2) is 0 Å². The maximum Gasteiger partial charge on any atom is 0.313 e. The number of hydrogen-bond acceptors (Lipinski definition) is 4. The first-order valence-electron chi connectivity index (χ1n) is 6.50. The molecule has 0 bridgehead atoms. The van der Waals surface area contributed by atoms with Crippen molar-refractivity contribution in [2.24, 2.45) is 11.3 Å². The molecule has 0 heterocycles. The molecular formula is C15H14ClNO5. The van der Waals surface area contributed by atoms with Gasteiger partial charge in [-0.05, 0) is 31.1 Å². The number of rotatable bonds is 4. The highest BCUT2D eigenvalue weighted by Crippen LogP contribution is 2.37. The van der Waals surface area contributed by atoms with Crippen LogP contribution >= 0.6 is 11.6 Å². The number of halogens is 1. The summed E-state index contributed by atoms with van der Waals surface area (Å²) in [5.74, 6) is -0.474. The maximum atomic E-state index is 11.3. The Morgan fingerprint density at radius 1 is 1.50 bits per heavy atom. The van der Waals surface area contributed by atoms with Gasteiger partial charge in [-0.1, -0.05) is 24.6 Å². The fourth-order valence-corrected chi connectivity index (χ4v) is 2.24. The van der Waals surface area contributed by atoms with Gasteiger partial charge in [0, 0.05) is 12.1 Å². The molecule has 2 unspecified atom stereocenters. The monoisotopic (exact) mass is 323 g/mol. The van der Waals surface area contributed by atoms with Crippen LogP contribution in [-0.4, -0.2) is 16.0 Å². The second kappa shape index (κ2) is 5.81. The highest BCUT2D eigenvalue weighted by atomic mass is 35.5. The Morgan fingerprint density at radius 2 is 2.18 bits per heavy atom. The van der Waals surface area contributed by atoms with Gasteiger partial charge in [0.1, 0.15) is 11.5 Å². The number of nitro benzene ring substituents is 1. The molecule has 1 aromatic rings. The number of ether oxygens (including phenoxy) is 1. The van der Waals surface area contributed by atoms with Crippen LogP contribution in [0.2, 0.25) is 5.02 Å². The van der Waals surface area contributed by atoms with Gasteiger partial charge in [-0.3, -0.25) is 14.9 Å². The van der Waals surface area contributed by atoms with Crippen molar-refractivity contribution in [3.8, 4) is 5.75 Å². The summed E-state index contributed by atoms with van der Waals surface area (Å²) in [4.78, 5) is 21.4. The SMILES string of the molecule is CC1C=C(Oc2ccc([N+](=O)[O-])cc2Cl)C=CC1(C)C(=O)O. The first kappa shape index (κ1) is 16.0. The maximum absolute atomic E-state index is 11.3. The molecule has 2 atom stereocenters. The van der Waals surface area contributed by atoms with E-state index in [1.165, 1.54) is 18.2 Å². The zero-order chi connectivity index (χ0) is 16.5.